The third-order valence-electron chi connectivity index (χ3n) is 3.13. The SMILES string of the molecule is CC(c1ccccc1O)N1CCC(O)C1. The first kappa shape index (κ1) is 10.5. The van der Waals surface area contributed by atoms with Crippen LogP contribution in [0.15, 0.2) is 24.3 Å². The summed E-state index contributed by atoms with van der Waals surface area (Å²) in [6.07, 6.45) is 0.621. The van der Waals surface area contributed by atoms with Gasteiger partial charge >= 0.3 is 0 Å². The average Bonchev–Trinajstić information content (AvgIpc) is 2.65. The van der Waals surface area contributed by atoms with Crippen LogP contribution in [0, 0.1) is 0 Å². The van der Waals surface area contributed by atoms with Gasteiger partial charge in [-0.25, -0.2) is 0 Å². The monoisotopic (exact) mass is 207 g/mol. The minimum absolute atomic E-state index is 0.170. The van der Waals surface area contributed by atoms with E-state index in [-0.39, 0.29) is 12.1 Å². The molecule has 0 saturated carbocycles. The van der Waals surface area contributed by atoms with E-state index in [0.29, 0.717) is 12.3 Å². The Balaban J connectivity index is 2.14. The van der Waals surface area contributed by atoms with Crippen molar-refractivity contribution >= 4 is 0 Å². The van der Waals surface area contributed by atoms with Crippen LogP contribution >= 0.6 is 0 Å². The lowest BCUT2D eigenvalue weighted by Gasteiger charge is -2.24. The van der Waals surface area contributed by atoms with E-state index < -0.39 is 0 Å². The molecule has 2 rings (SSSR count). The zero-order valence-corrected chi connectivity index (χ0v) is 8.93. The molecule has 1 saturated heterocycles. The number of benzene rings is 1. The van der Waals surface area contributed by atoms with E-state index in [0.717, 1.165) is 18.5 Å². The molecule has 3 heteroatoms. The molecule has 0 radical (unpaired) electrons. The molecule has 2 N–H and O–H groups in total. The molecule has 1 aromatic carbocycles. The molecular weight excluding hydrogens is 190 g/mol. The number of aliphatic hydroxyl groups is 1. The second-order valence-corrected chi connectivity index (χ2v) is 4.17. The van der Waals surface area contributed by atoms with Crippen LogP contribution < -0.4 is 0 Å². The molecule has 15 heavy (non-hydrogen) atoms. The summed E-state index contributed by atoms with van der Waals surface area (Å²) in [5.41, 5.74) is 0.937. The first-order chi connectivity index (χ1) is 7.18. The summed E-state index contributed by atoms with van der Waals surface area (Å²) >= 11 is 0. The quantitative estimate of drug-likeness (QED) is 0.772. The number of para-hydroxylation sites is 1. The topological polar surface area (TPSA) is 43.7 Å². The molecule has 1 fully saturated rings. The minimum Gasteiger partial charge on any atom is -0.508 e. The second kappa shape index (κ2) is 4.21. The van der Waals surface area contributed by atoms with Gasteiger partial charge in [0.2, 0.25) is 0 Å². The largest absolute Gasteiger partial charge is 0.508 e. The zero-order chi connectivity index (χ0) is 10.8. The Kier molecular flexibility index (Phi) is 2.93. The van der Waals surface area contributed by atoms with Gasteiger partial charge in [0.1, 0.15) is 5.75 Å². The number of aromatic hydroxyl groups is 1. The van der Waals surface area contributed by atoms with Gasteiger partial charge in [-0.1, -0.05) is 18.2 Å². The number of hydrogen-bond acceptors (Lipinski definition) is 3. The second-order valence-electron chi connectivity index (χ2n) is 4.17. The van der Waals surface area contributed by atoms with Crippen molar-refractivity contribution in [2.45, 2.75) is 25.5 Å². The molecule has 2 atom stereocenters. The van der Waals surface area contributed by atoms with Gasteiger partial charge in [0, 0.05) is 24.7 Å². The van der Waals surface area contributed by atoms with Crippen molar-refractivity contribution < 1.29 is 10.2 Å². The molecule has 3 nitrogen and oxygen atoms in total. The van der Waals surface area contributed by atoms with Gasteiger partial charge in [-0.3, -0.25) is 4.90 Å². The van der Waals surface area contributed by atoms with Crippen LogP contribution in [0.3, 0.4) is 0 Å². The first-order valence-corrected chi connectivity index (χ1v) is 5.38. The highest BCUT2D eigenvalue weighted by Gasteiger charge is 2.26. The predicted molar refractivity (Wildman–Crippen MR) is 58.7 cm³/mol. The van der Waals surface area contributed by atoms with Gasteiger partial charge in [0.15, 0.2) is 0 Å². The number of phenols is 1. The normalized spacial score (nSPS) is 24.3. The van der Waals surface area contributed by atoms with Crippen molar-refractivity contribution in [1.82, 2.24) is 4.90 Å². The van der Waals surface area contributed by atoms with Gasteiger partial charge < -0.3 is 10.2 Å². The van der Waals surface area contributed by atoms with Crippen LogP contribution in [0.1, 0.15) is 24.9 Å². The summed E-state index contributed by atoms with van der Waals surface area (Å²) in [7, 11) is 0. The third-order valence-corrected chi connectivity index (χ3v) is 3.13. The van der Waals surface area contributed by atoms with Crippen molar-refractivity contribution in [3.63, 3.8) is 0 Å². The van der Waals surface area contributed by atoms with E-state index in [9.17, 15) is 10.2 Å². The van der Waals surface area contributed by atoms with Gasteiger partial charge in [0.05, 0.1) is 6.10 Å². The number of β-amino-alcohol motifs (C(OH)–C–C–N with tert-alkyl or cyclic N) is 1. The summed E-state index contributed by atoms with van der Waals surface area (Å²) in [4.78, 5) is 2.19. The molecule has 0 aromatic heterocycles. The van der Waals surface area contributed by atoms with Crippen LogP contribution in [0.25, 0.3) is 0 Å². The standard InChI is InChI=1S/C12H17NO2/c1-9(13-7-6-10(14)8-13)11-4-2-3-5-12(11)15/h2-5,9-10,14-15H,6-8H2,1H3. The lowest BCUT2D eigenvalue weighted by molar-refractivity contribution is 0.162. The highest BCUT2D eigenvalue weighted by molar-refractivity contribution is 5.34. The van der Waals surface area contributed by atoms with Crippen LogP contribution in [0.2, 0.25) is 0 Å². The van der Waals surface area contributed by atoms with Crippen LogP contribution in [0.5, 0.6) is 5.75 Å². The van der Waals surface area contributed by atoms with E-state index in [1.807, 2.05) is 18.2 Å². The minimum atomic E-state index is -0.210. The molecule has 0 bridgehead atoms. The predicted octanol–water partition coefficient (Wildman–Crippen LogP) is 1.52. The molecule has 0 spiro atoms. The number of aliphatic hydroxyl groups excluding tert-OH is 1. The average molecular weight is 207 g/mol. The number of nitrogens with zero attached hydrogens (tertiary/aromatic N) is 1. The molecule has 1 heterocycles. The Morgan fingerprint density at radius 3 is 2.73 bits per heavy atom. The molecular formula is C12H17NO2. The maximum atomic E-state index is 9.72. The van der Waals surface area contributed by atoms with Crippen molar-refractivity contribution in [1.29, 1.82) is 0 Å². The van der Waals surface area contributed by atoms with Gasteiger partial charge in [-0.15, -0.1) is 0 Å². The fraction of sp³-hybridized carbons (Fsp3) is 0.500. The van der Waals surface area contributed by atoms with Crippen molar-refractivity contribution in [2.24, 2.45) is 0 Å². The molecule has 1 aliphatic rings. The van der Waals surface area contributed by atoms with Crippen LogP contribution in [-0.4, -0.2) is 34.3 Å². The summed E-state index contributed by atoms with van der Waals surface area (Å²) < 4.78 is 0. The number of rotatable bonds is 2. The Morgan fingerprint density at radius 1 is 1.40 bits per heavy atom. The maximum absolute atomic E-state index is 9.72. The van der Waals surface area contributed by atoms with E-state index in [4.69, 9.17) is 0 Å². The summed E-state index contributed by atoms with van der Waals surface area (Å²) in [6.45, 7) is 3.67. The van der Waals surface area contributed by atoms with Crippen molar-refractivity contribution in [3.8, 4) is 5.75 Å². The van der Waals surface area contributed by atoms with Crippen molar-refractivity contribution in [2.75, 3.05) is 13.1 Å². The Hall–Kier alpha value is -1.06. The van der Waals surface area contributed by atoms with E-state index in [1.165, 1.54) is 0 Å². The molecule has 1 aromatic rings. The maximum Gasteiger partial charge on any atom is 0.120 e. The van der Waals surface area contributed by atoms with Crippen molar-refractivity contribution in [3.05, 3.63) is 29.8 Å². The van der Waals surface area contributed by atoms with E-state index >= 15 is 0 Å². The molecule has 1 aliphatic heterocycles. The lowest BCUT2D eigenvalue weighted by atomic mass is 10.1. The van der Waals surface area contributed by atoms with E-state index in [1.54, 1.807) is 6.07 Å². The molecule has 0 amide bonds. The highest BCUT2D eigenvalue weighted by atomic mass is 16.3. The Morgan fingerprint density at radius 2 is 2.13 bits per heavy atom. The summed E-state index contributed by atoms with van der Waals surface area (Å²) in [5, 5.41) is 19.2. The van der Waals surface area contributed by atoms with E-state index in [2.05, 4.69) is 11.8 Å². The fourth-order valence-electron chi connectivity index (χ4n) is 2.16. The van der Waals surface area contributed by atoms with Gasteiger partial charge in [0.25, 0.3) is 0 Å². The Labute approximate surface area is 90.0 Å². The molecule has 0 aliphatic carbocycles. The Bertz CT molecular complexity index is 340. The highest BCUT2D eigenvalue weighted by Crippen LogP contribution is 2.30. The number of likely N-dealkylation sites (tertiary alicyclic amines) is 1. The summed E-state index contributed by atoms with van der Waals surface area (Å²) in [6, 6.07) is 7.56. The number of phenolic OH excluding ortho intramolecular Hbond substituents is 1. The lowest BCUT2D eigenvalue weighted by Crippen LogP contribution is -2.25. The fourth-order valence-corrected chi connectivity index (χ4v) is 2.16. The van der Waals surface area contributed by atoms with Crippen LogP contribution in [-0.2, 0) is 0 Å². The van der Waals surface area contributed by atoms with Crippen LogP contribution in [0.4, 0.5) is 0 Å². The third kappa shape index (κ3) is 2.13. The van der Waals surface area contributed by atoms with Gasteiger partial charge in [-0.2, -0.15) is 0 Å². The zero-order valence-electron chi connectivity index (χ0n) is 8.93. The molecule has 2 unspecified atom stereocenters. The smallest absolute Gasteiger partial charge is 0.120 e. The summed E-state index contributed by atoms with van der Waals surface area (Å²) in [5.74, 6) is 0.339. The molecule has 82 valence electrons. The van der Waals surface area contributed by atoms with Gasteiger partial charge in [-0.05, 0) is 19.4 Å². The number of hydrogen-bond donors (Lipinski definition) is 2. The first-order valence-electron chi connectivity index (χ1n) is 5.38.